The zero-order valence-electron chi connectivity index (χ0n) is 12.2. The molecular formula is C15H20N2O4. The van der Waals surface area contributed by atoms with Crippen LogP contribution in [0.3, 0.4) is 0 Å². The third-order valence-corrected chi connectivity index (χ3v) is 3.88. The van der Waals surface area contributed by atoms with Crippen molar-refractivity contribution in [1.29, 1.82) is 0 Å². The van der Waals surface area contributed by atoms with Gasteiger partial charge < -0.3 is 20.5 Å². The van der Waals surface area contributed by atoms with Gasteiger partial charge in [-0.1, -0.05) is 13.3 Å². The fourth-order valence-corrected chi connectivity index (χ4v) is 2.62. The number of aromatic carboxylic acids is 1. The molecule has 1 saturated carbocycles. The van der Waals surface area contributed by atoms with Crippen molar-refractivity contribution in [2.24, 2.45) is 5.92 Å². The molecule has 0 bridgehead atoms. The second-order valence-corrected chi connectivity index (χ2v) is 5.33. The van der Waals surface area contributed by atoms with Crippen molar-refractivity contribution in [3.63, 3.8) is 0 Å². The Hall–Kier alpha value is -2.24. The number of benzene rings is 1. The molecule has 1 aromatic rings. The minimum absolute atomic E-state index is 0.00368. The molecule has 2 unspecified atom stereocenters. The van der Waals surface area contributed by atoms with Gasteiger partial charge in [0, 0.05) is 6.04 Å². The van der Waals surface area contributed by atoms with Crippen LogP contribution >= 0.6 is 0 Å². The molecule has 114 valence electrons. The summed E-state index contributed by atoms with van der Waals surface area (Å²) in [5, 5.41) is 14.7. The van der Waals surface area contributed by atoms with Crippen LogP contribution in [0.25, 0.3) is 0 Å². The number of hydrogen-bond acceptors (Lipinski definition) is 3. The number of ether oxygens (including phenoxy) is 1. The molecule has 2 amide bonds. The largest absolute Gasteiger partial charge is 0.497 e. The summed E-state index contributed by atoms with van der Waals surface area (Å²) >= 11 is 0. The van der Waals surface area contributed by atoms with E-state index in [1.54, 1.807) is 6.07 Å². The van der Waals surface area contributed by atoms with Crippen molar-refractivity contribution < 1.29 is 19.4 Å². The Morgan fingerprint density at radius 3 is 2.67 bits per heavy atom. The van der Waals surface area contributed by atoms with E-state index in [-0.39, 0.29) is 23.3 Å². The summed E-state index contributed by atoms with van der Waals surface area (Å²) in [6.07, 6.45) is 3.17. The Morgan fingerprint density at radius 1 is 1.33 bits per heavy atom. The van der Waals surface area contributed by atoms with E-state index in [0.717, 1.165) is 19.3 Å². The van der Waals surface area contributed by atoms with Crippen LogP contribution in [-0.4, -0.2) is 30.3 Å². The normalized spacial score (nSPS) is 20.9. The number of rotatable bonds is 4. The summed E-state index contributed by atoms with van der Waals surface area (Å²) < 4.78 is 5.00. The van der Waals surface area contributed by atoms with Crippen LogP contribution in [0.5, 0.6) is 5.75 Å². The van der Waals surface area contributed by atoms with Crippen molar-refractivity contribution in [3.05, 3.63) is 23.8 Å². The Balaban J connectivity index is 2.07. The molecule has 21 heavy (non-hydrogen) atoms. The van der Waals surface area contributed by atoms with Crippen molar-refractivity contribution >= 4 is 17.7 Å². The van der Waals surface area contributed by atoms with Gasteiger partial charge in [-0.3, -0.25) is 0 Å². The molecule has 1 aliphatic rings. The summed E-state index contributed by atoms with van der Waals surface area (Å²) in [7, 11) is 1.46. The number of carbonyl (C=O) groups is 2. The zero-order chi connectivity index (χ0) is 15.4. The van der Waals surface area contributed by atoms with Crippen molar-refractivity contribution in [2.75, 3.05) is 12.4 Å². The highest BCUT2D eigenvalue weighted by Gasteiger charge is 2.25. The summed E-state index contributed by atoms with van der Waals surface area (Å²) in [5.41, 5.74) is 0.260. The van der Waals surface area contributed by atoms with E-state index in [9.17, 15) is 14.7 Å². The van der Waals surface area contributed by atoms with Gasteiger partial charge in [0.2, 0.25) is 0 Å². The van der Waals surface area contributed by atoms with Crippen LogP contribution in [0.15, 0.2) is 18.2 Å². The number of carboxylic acid groups (broad SMARTS) is 1. The highest BCUT2D eigenvalue weighted by atomic mass is 16.5. The van der Waals surface area contributed by atoms with Gasteiger partial charge in [0.05, 0.1) is 18.4 Å². The highest BCUT2D eigenvalue weighted by Crippen LogP contribution is 2.25. The quantitative estimate of drug-likeness (QED) is 0.796. The van der Waals surface area contributed by atoms with Crippen LogP contribution in [0.4, 0.5) is 10.5 Å². The van der Waals surface area contributed by atoms with Gasteiger partial charge in [0.25, 0.3) is 0 Å². The predicted molar refractivity (Wildman–Crippen MR) is 78.9 cm³/mol. The van der Waals surface area contributed by atoms with E-state index in [2.05, 4.69) is 17.6 Å². The first-order valence-corrected chi connectivity index (χ1v) is 7.00. The lowest BCUT2D eigenvalue weighted by atomic mass is 10.1. The lowest BCUT2D eigenvalue weighted by Crippen LogP contribution is -2.39. The third-order valence-electron chi connectivity index (χ3n) is 3.88. The summed E-state index contributed by atoms with van der Waals surface area (Å²) in [6.45, 7) is 2.11. The molecule has 0 aliphatic heterocycles. The second kappa shape index (κ2) is 6.47. The first kappa shape index (κ1) is 15.2. The Morgan fingerprint density at radius 2 is 2.10 bits per heavy atom. The molecule has 3 N–H and O–H groups in total. The molecule has 1 aromatic carbocycles. The summed E-state index contributed by atoms with van der Waals surface area (Å²) in [4.78, 5) is 23.2. The molecule has 0 spiro atoms. The molecule has 0 saturated heterocycles. The number of methoxy groups -OCH3 is 1. The summed E-state index contributed by atoms with van der Waals surface area (Å²) in [6, 6.07) is 4.30. The average molecular weight is 292 g/mol. The van der Waals surface area contributed by atoms with E-state index < -0.39 is 5.97 Å². The molecule has 6 heteroatoms. The predicted octanol–water partition coefficient (Wildman–Crippen LogP) is 2.70. The molecule has 0 aromatic heterocycles. The number of hydrogen-bond donors (Lipinski definition) is 3. The van der Waals surface area contributed by atoms with Crippen LogP contribution in [0.1, 0.15) is 36.5 Å². The fraction of sp³-hybridized carbons (Fsp3) is 0.467. The van der Waals surface area contributed by atoms with E-state index in [0.29, 0.717) is 11.7 Å². The standard InChI is InChI=1S/C15H20N2O4/c1-9-4-3-5-12(9)16-15(20)17-13-7-6-10(21-2)8-11(13)14(18)19/h6-9,12H,3-5H2,1-2H3,(H,18,19)(H2,16,17,20). The summed E-state index contributed by atoms with van der Waals surface area (Å²) in [5.74, 6) is -0.230. The number of amides is 2. The van der Waals surface area contributed by atoms with Gasteiger partial charge in [0.1, 0.15) is 5.75 Å². The van der Waals surface area contributed by atoms with Crippen LogP contribution in [-0.2, 0) is 0 Å². The Bertz CT molecular complexity index is 544. The van der Waals surface area contributed by atoms with Crippen LogP contribution in [0.2, 0.25) is 0 Å². The maximum absolute atomic E-state index is 12.0. The number of nitrogens with one attached hydrogen (secondary N) is 2. The topological polar surface area (TPSA) is 87.7 Å². The van der Waals surface area contributed by atoms with Crippen molar-refractivity contribution in [3.8, 4) is 5.75 Å². The van der Waals surface area contributed by atoms with Crippen molar-refractivity contribution in [1.82, 2.24) is 5.32 Å². The lowest BCUT2D eigenvalue weighted by molar-refractivity contribution is 0.0697. The fourth-order valence-electron chi connectivity index (χ4n) is 2.62. The minimum Gasteiger partial charge on any atom is -0.497 e. The maximum atomic E-state index is 12.0. The van der Waals surface area contributed by atoms with Crippen molar-refractivity contribution in [2.45, 2.75) is 32.2 Å². The van der Waals surface area contributed by atoms with Gasteiger partial charge in [0.15, 0.2) is 0 Å². The number of anilines is 1. The van der Waals surface area contributed by atoms with Gasteiger partial charge >= 0.3 is 12.0 Å². The molecule has 6 nitrogen and oxygen atoms in total. The van der Waals surface area contributed by atoms with E-state index in [1.165, 1.54) is 19.2 Å². The average Bonchev–Trinajstić information content (AvgIpc) is 2.84. The monoisotopic (exact) mass is 292 g/mol. The van der Waals surface area contributed by atoms with Crippen LogP contribution in [0, 0.1) is 5.92 Å². The molecular weight excluding hydrogens is 272 g/mol. The first-order chi connectivity index (χ1) is 10.0. The van der Waals surface area contributed by atoms with Gasteiger partial charge in [-0.05, 0) is 37.0 Å². The number of urea groups is 1. The smallest absolute Gasteiger partial charge is 0.337 e. The highest BCUT2D eigenvalue weighted by molar-refractivity contribution is 6.00. The Labute approximate surface area is 123 Å². The molecule has 2 rings (SSSR count). The first-order valence-electron chi connectivity index (χ1n) is 7.00. The SMILES string of the molecule is COc1ccc(NC(=O)NC2CCCC2C)c(C(=O)O)c1. The van der Waals surface area contributed by atoms with E-state index in [1.807, 2.05) is 0 Å². The Kier molecular flexibility index (Phi) is 4.67. The minimum atomic E-state index is -1.11. The second-order valence-electron chi connectivity index (χ2n) is 5.33. The molecule has 0 heterocycles. The zero-order valence-corrected chi connectivity index (χ0v) is 12.2. The lowest BCUT2D eigenvalue weighted by Gasteiger charge is -2.18. The third kappa shape index (κ3) is 3.65. The van der Waals surface area contributed by atoms with Gasteiger partial charge in [-0.25, -0.2) is 9.59 Å². The molecule has 1 aliphatic carbocycles. The van der Waals surface area contributed by atoms with Gasteiger partial charge in [-0.2, -0.15) is 0 Å². The molecule has 2 atom stereocenters. The van der Waals surface area contributed by atoms with Crippen LogP contribution < -0.4 is 15.4 Å². The van der Waals surface area contributed by atoms with Gasteiger partial charge in [-0.15, -0.1) is 0 Å². The van der Waals surface area contributed by atoms with E-state index >= 15 is 0 Å². The maximum Gasteiger partial charge on any atom is 0.337 e. The molecule has 1 fully saturated rings. The van der Waals surface area contributed by atoms with E-state index in [4.69, 9.17) is 4.74 Å². The molecule has 0 radical (unpaired) electrons. The number of carbonyl (C=O) groups excluding carboxylic acids is 1. The number of carboxylic acids is 1.